The van der Waals surface area contributed by atoms with Crippen molar-refractivity contribution in [2.75, 3.05) is 72.2 Å². The summed E-state index contributed by atoms with van der Waals surface area (Å²) in [6.07, 6.45) is 6.75. The molecule has 3 aliphatic rings. The summed E-state index contributed by atoms with van der Waals surface area (Å²) in [7, 11) is 0. The third-order valence-electron chi connectivity index (χ3n) is 6.97. The van der Waals surface area contributed by atoms with E-state index in [2.05, 4.69) is 33.4 Å². The Morgan fingerprint density at radius 1 is 1.06 bits per heavy atom. The highest BCUT2D eigenvalue weighted by Crippen LogP contribution is 2.25. The van der Waals surface area contributed by atoms with E-state index in [9.17, 15) is 0 Å². The third-order valence-corrected chi connectivity index (χ3v) is 6.97. The molecular weight excluding hydrogens is 533 g/mol. The van der Waals surface area contributed by atoms with Crippen LogP contribution >= 0.6 is 24.0 Å². The number of hydrogen-bond acceptors (Lipinski definition) is 6. The molecule has 3 aliphatic heterocycles. The maximum absolute atomic E-state index is 5.81. The second-order valence-corrected chi connectivity index (χ2v) is 9.07. The molecule has 0 aromatic carbocycles. The van der Waals surface area contributed by atoms with Gasteiger partial charge in [0.2, 0.25) is 0 Å². The van der Waals surface area contributed by atoms with Crippen LogP contribution in [0.3, 0.4) is 0 Å². The molecule has 8 nitrogen and oxygen atoms in total. The smallest absolute Gasteiger partial charge is 0.191 e. The lowest BCUT2D eigenvalue weighted by Crippen LogP contribution is -2.49. The molecule has 3 saturated heterocycles. The van der Waals surface area contributed by atoms with Gasteiger partial charge in [-0.1, -0.05) is 6.42 Å². The van der Waals surface area contributed by atoms with E-state index < -0.39 is 0 Å². The molecule has 1 aromatic heterocycles. The summed E-state index contributed by atoms with van der Waals surface area (Å²) in [6.45, 7) is 12.1. The van der Waals surface area contributed by atoms with Crippen LogP contribution in [-0.2, 0) is 9.47 Å². The molecule has 3 fully saturated rings. The van der Waals surface area contributed by atoms with E-state index in [-0.39, 0.29) is 30.0 Å². The van der Waals surface area contributed by atoms with Gasteiger partial charge in [0, 0.05) is 44.7 Å². The minimum atomic E-state index is 0. The number of hydrogen-bond donors (Lipinski definition) is 2. The summed E-state index contributed by atoms with van der Waals surface area (Å²) < 4.78 is 17.1. The number of furan rings is 1. The lowest BCUT2D eigenvalue weighted by Gasteiger charge is -2.36. The average molecular weight is 576 g/mol. The molecular formula is C24H42IN5O3. The van der Waals surface area contributed by atoms with Gasteiger partial charge in [-0.15, -0.1) is 24.0 Å². The molecule has 0 amide bonds. The van der Waals surface area contributed by atoms with Gasteiger partial charge < -0.3 is 24.5 Å². The van der Waals surface area contributed by atoms with Crippen molar-refractivity contribution in [3.8, 4) is 0 Å². The molecule has 2 N–H and O–H groups in total. The van der Waals surface area contributed by atoms with Crippen molar-refractivity contribution in [3.63, 3.8) is 0 Å². The standard InChI is InChI=1S/C24H41N5O3.HI/c1-2-25-24(26-17-21(20-8-14-31-19-20)29-11-15-30-16-12-29)27-18-22(23-7-6-13-32-23)28-9-4-3-5-10-28;/h6-7,13,20-22H,2-5,8-12,14-19H2,1H3,(H2,25,26,27);1H. The summed E-state index contributed by atoms with van der Waals surface area (Å²) >= 11 is 0. The van der Waals surface area contributed by atoms with Crippen LogP contribution in [0.2, 0.25) is 0 Å². The molecule has 0 radical (unpaired) electrons. The first kappa shape index (κ1) is 26.7. The van der Waals surface area contributed by atoms with Gasteiger partial charge in [-0.05, 0) is 51.4 Å². The topological polar surface area (TPSA) is 74.5 Å². The summed E-state index contributed by atoms with van der Waals surface area (Å²) in [5, 5.41) is 7.07. The van der Waals surface area contributed by atoms with Gasteiger partial charge in [-0.3, -0.25) is 14.8 Å². The van der Waals surface area contributed by atoms with Crippen LogP contribution in [0.5, 0.6) is 0 Å². The van der Waals surface area contributed by atoms with Crippen molar-refractivity contribution in [3.05, 3.63) is 24.2 Å². The third kappa shape index (κ3) is 7.81. The number of ether oxygens (including phenoxy) is 2. The number of piperidine rings is 1. The van der Waals surface area contributed by atoms with Crippen LogP contribution in [-0.4, -0.2) is 94.0 Å². The molecule has 188 valence electrons. The van der Waals surface area contributed by atoms with Crippen LogP contribution in [0.15, 0.2) is 27.8 Å². The summed E-state index contributed by atoms with van der Waals surface area (Å²) in [5.41, 5.74) is 0. The first-order chi connectivity index (χ1) is 15.8. The second kappa shape index (κ2) is 14.5. The molecule has 0 aliphatic carbocycles. The Morgan fingerprint density at radius 3 is 2.55 bits per heavy atom. The SMILES string of the molecule is CCNC(=NCC(C1CCOC1)N1CCOCC1)NCC(c1ccco1)N1CCCCC1.I. The fourth-order valence-corrected chi connectivity index (χ4v) is 5.17. The van der Waals surface area contributed by atoms with Gasteiger partial charge >= 0.3 is 0 Å². The van der Waals surface area contributed by atoms with Gasteiger partial charge in [0.05, 0.1) is 38.7 Å². The summed E-state index contributed by atoms with van der Waals surface area (Å²) in [4.78, 5) is 10.1. The summed E-state index contributed by atoms with van der Waals surface area (Å²) in [5.74, 6) is 2.46. The van der Waals surface area contributed by atoms with Crippen molar-refractivity contribution in [1.29, 1.82) is 0 Å². The maximum atomic E-state index is 5.81. The number of rotatable bonds is 9. The van der Waals surface area contributed by atoms with Gasteiger partial charge in [0.1, 0.15) is 5.76 Å². The Bertz CT molecular complexity index is 672. The zero-order valence-electron chi connectivity index (χ0n) is 20.0. The molecule has 0 saturated carbocycles. The molecule has 9 heteroatoms. The predicted molar refractivity (Wildman–Crippen MR) is 141 cm³/mol. The zero-order chi connectivity index (χ0) is 22.0. The predicted octanol–water partition coefficient (Wildman–Crippen LogP) is 2.72. The van der Waals surface area contributed by atoms with Crippen LogP contribution < -0.4 is 10.6 Å². The number of nitrogens with one attached hydrogen (secondary N) is 2. The lowest BCUT2D eigenvalue weighted by atomic mass is 9.97. The van der Waals surface area contributed by atoms with Gasteiger partial charge in [-0.2, -0.15) is 0 Å². The first-order valence-electron chi connectivity index (χ1n) is 12.5. The number of aliphatic imine (C=N–C) groups is 1. The molecule has 4 heterocycles. The maximum Gasteiger partial charge on any atom is 0.191 e. The zero-order valence-corrected chi connectivity index (χ0v) is 22.4. The van der Waals surface area contributed by atoms with Crippen molar-refractivity contribution >= 4 is 29.9 Å². The highest BCUT2D eigenvalue weighted by Gasteiger charge is 2.31. The molecule has 0 spiro atoms. The van der Waals surface area contributed by atoms with E-state index in [1.165, 1.54) is 19.3 Å². The highest BCUT2D eigenvalue weighted by molar-refractivity contribution is 14.0. The van der Waals surface area contributed by atoms with Crippen molar-refractivity contribution < 1.29 is 13.9 Å². The quantitative estimate of drug-likeness (QED) is 0.267. The van der Waals surface area contributed by atoms with Gasteiger partial charge in [0.25, 0.3) is 0 Å². The Morgan fingerprint density at radius 2 is 1.88 bits per heavy atom. The van der Waals surface area contributed by atoms with E-state index >= 15 is 0 Å². The Balaban J connectivity index is 0.00000306. The van der Waals surface area contributed by atoms with Crippen molar-refractivity contribution in [2.45, 2.75) is 44.7 Å². The fraction of sp³-hybridized carbons (Fsp3) is 0.792. The van der Waals surface area contributed by atoms with Crippen molar-refractivity contribution in [1.82, 2.24) is 20.4 Å². The minimum Gasteiger partial charge on any atom is -0.468 e. The van der Waals surface area contributed by atoms with Crippen molar-refractivity contribution in [2.24, 2.45) is 10.9 Å². The van der Waals surface area contributed by atoms with E-state index in [1.54, 1.807) is 6.26 Å². The van der Waals surface area contributed by atoms with E-state index in [0.29, 0.717) is 12.0 Å². The molecule has 4 rings (SSSR count). The number of likely N-dealkylation sites (tertiary alicyclic amines) is 1. The number of nitrogens with zero attached hydrogens (tertiary/aromatic N) is 3. The highest BCUT2D eigenvalue weighted by atomic mass is 127. The first-order valence-corrected chi connectivity index (χ1v) is 12.5. The van der Waals surface area contributed by atoms with E-state index in [0.717, 1.165) is 90.4 Å². The number of halogens is 1. The number of morpholine rings is 1. The largest absolute Gasteiger partial charge is 0.468 e. The minimum absolute atomic E-state index is 0. The second-order valence-electron chi connectivity index (χ2n) is 9.07. The monoisotopic (exact) mass is 575 g/mol. The van der Waals surface area contributed by atoms with Gasteiger partial charge in [0.15, 0.2) is 5.96 Å². The van der Waals surface area contributed by atoms with E-state index in [1.807, 2.05) is 6.07 Å². The Hall–Kier alpha value is -0.880. The Labute approximate surface area is 215 Å². The lowest BCUT2D eigenvalue weighted by molar-refractivity contribution is 0.00368. The van der Waals surface area contributed by atoms with Crippen LogP contribution in [0.25, 0.3) is 0 Å². The molecule has 0 bridgehead atoms. The normalized spacial score (nSPS) is 24.8. The molecule has 33 heavy (non-hydrogen) atoms. The van der Waals surface area contributed by atoms with Crippen LogP contribution in [0.1, 0.15) is 44.4 Å². The fourth-order valence-electron chi connectivity index (χ4n) is 5.17. The molecule has 3 unspecified atom stereocenters. The molecule has 1 aromatic rings. The average Bonchev–Trinajstić information content (AvgIpc) is 3.56. The van der Waals surface area contributed by atoms with Gasteiger partial charge in [-0.25, -0.2) is 0 Å². The van der Waals surface area contributed by atoms with E-state index in [4.69, 9.17) is 18.9 Å². The number of guanidine groups is 1. The Kier molecular flexibility index (Phi) is 11.7. The van der Waals surface area contributed by atoms with Crippen LogP contribution in [0, 0.1) is 5.92 Å². The van der Waals surface area contributed by atoms with Crippen LogP contribution in [0.4, 0.5) is 0 Å². The molecule has 3 atom stereocenters. The summed E-state index contributed by atoms with van der Waals surface area (Å²) in [6, 6.07) is 4.72.